The molecule has 2 aromatic carbocycles. The maximum atomic E-state index is 12.7. The molecule has 0 saturated heterocycles. The monoisotopic (exact) mass is 376 g/mol. The van der Waals surface area contributed by atoms with E-state index in [9.17, 15) is 13.2 Å². The molecule has 0 unspecified atom stereocenters. The summed E-state index contributed by atoms with van der Waals surface area (Å²) in [5.74, 6) is 0.882. The van der Waals surface area contributed by atoms with E-state index in [2.05, 4.69) is 10.0 Å². The lowest BCUT2D eigenvalue weighted by Crippen LogP contribution is -2.13. The first-order chi connectivity index (χ1) is 12.4. The summed E-state index contributed by atoms with van der Waals surface area (Å²) in [4.78, 5) is 11.5. The minimum Gasteiger partial charge on any atom is -0.490 e. The number of carbonyl (C=O) groups excluding carboxylic acids is 1. The third kappa shape index (κ3) is 3.75. The van der Waals surface area contributed by atoms with Crippen molar-refractivity contribution in [2.24, 2.45) is 0 Å². The number of benzene rings is 2. The summed E-state index contributed by atoms with van der Waals surface area (Å²) in [6.45, 7) is 4.61. The Morgan fingerprint density at radius 2 is 1.77 bits per heavy atom. The normalized spacial score (nSPS) is 13.1. The predicted molar refractivity (Wildman–Crippen MR) is 98.4 cm³/mol. The van der Waals surface area contributed by atoms with Crippen molar-refractivity contribution in [1.29, 1.82) is 0 Å². The van der Waals surface area contributed by atoms with Gasteiger partial charge in [0.25, 0.3) is 10.0 Å². The summed E-state index contributed by atoms with van der Waals surface area (Å²) in [5, 5.41) is 2.68. The van der Waals surface area contributed by atoms with Crippen molar-refractivity contribution in [1.82, 2.24) is 0 Å². The number of hydrogen-bond acceptors (Lipinski definition) is 5. The van der Waals surface area contributed by atoms with Gasteiger partial charge in [-0.2, -0.15) is 0 Å². The van der Waals surface area contributed by atoms with Crippen LogP contribution >= 0.6 is 0 Å². The van der Waals surface area contributed by atoms with E-state index >= 15 is 0 Å². The van der Waals surface area contributed by atoms with Crippen LogP contribution in [0.1, 0.15) is 19.4 Å². The molecule has 0 aliphatic carbocycles. The molecule has 1 heterocycles. The quantitative estimate of drug-likeness (QED) is 0.775. The number of rotatable bonds is 7. The summed E-state index contributed by atoms with van der Waals surface area (Å²) in [6.07, 6.45) is 0.177. The molecule has 0 radical (unpaired) electrons. The van der Waals surface area contributed by atoms with Crippen LogP contribution in [-0.2, 0) is 21.2 Å². The number of carbonyl (C=O) groups is 1. The van der Waals surface area contributed by atoms with Gasteiger partial charge in [0.1, 0.15) is 0 Å². The van der Waals surface area contributed by atoms with Crippen molar-refractivity contribution < 1.29 is 22.7 Å². The van der Waals surface area contributed by atoms with Gasteiger partial charge in [-0.25, -0.2) is 8.42 Å². The van der Waals surface area contributed by atoms with Crippen LogP contribution < -0.4 is 19.5 Å². The Morgan fingerprint density at radius 1 is 1.04 bits per heavy atom. The molecule has 0 fully saturated rings. The van der Waals surface area contributed by atoms with Crippen LogP contribution in [0.3, 0.4) is 0 Å². The molecule has 7 nitrogen and oxygen atoms in total. The maximum absolute atomic E-state index is 12.7. The van der Waals surface area contributed by atoms with E-state index in [1.807, 2.05) is 13.8 Å². The molecule has 1 aliphatic heterocycles. The van der Waals surface area contributed by atoms with Gasteiger partial charge in [-0.1, -0.05) is 0 Å². The van der Waals surface area contributed by atoms with Crippen LogP contribution in [0.5, 0.6) is 11.5 Å². The minimum absolute atomic E-state index is 0.0968. The highest BCUT2D eigenvalue weighted by Crippen LogP contribution is 2.32. The van der Waals surface area contributed by atoms with Crippen molar-refractivity contribution in [2.75, 3.05) is 23.3 Å². The molecule has 0 bridgehead atoms. The first-order valence-electron chi connectivity index (χ1n) is 8.28. The summed E-state index contributed by atoms with van der Waals surface area (Å²) in [6, 6.07) is 9.43. The summed E-state index contributed by atoms with van der Waals surface area (Å²) in [7, 11) is -3.79. The van der Waals surface area contributed by atoms with E-state index in [0.717, 1.165) is 0 Å². The van der Waals surface area contributed by atoms with Gasteiger partial charge in [0.05, 0.1) is 30.2 Å². The third-order valence-corrected chi connectivity index (χ3v) is 5.19. The zero-order valence-corrected chi connectivity index (χ0v) is 15.4. The molecule has 8 heteroatoms. The maximum Gasteiger partial charge on any atom is 0.261 e. The lowest BCUT2D eigenvalue weighted by atomic mass is 10.2. The Labute approximate surface area is 152 Å². The molecule has 26 heavy (non-hydrogen) atoms. The highest BCUT2D eigenvalue weighted by Gasteiger charge is 2.22. The fourth-order valence-electron chi connectivity index (χ4n) is 2.70. The average Bonchev–Trinajstić information content (AvgIpc) is 2.96. The fourth-order valence-corrected chi connectivity index (χ4v) is 3.80. The van der Waals surface area contributed by atoms with E-state index in [1.165, 1.54) is 12.1 Å². The second kappa shape index (κ2) is 7.25. The number of ether oxygens (including phenoxy) is 2. The van der Waals surface area contributed by atoms with Crippen LogP contribution in [0.2, 0.25) is 0 Å². The van der Waals surface area contributed by atoms with Crippen molar-refractivity contribution >= 4 is 27.3 Å². The predicted octanol–water partition coefficient (Wildman–Crippen LogP) is 2.78. The molecule has 3 rings (SSSR count). The van der Waals surface area contributed by atoms with Crippen LogP contribution in [0.25, 0.3) is 0 Å². The molecule has 138 valence electrons. The number of amides is 1. The van der Waals surface area contributed by atoms with Crippen LogP contribution in [-0.4, -0.2) is 27.5 Å². The Hall–Kier alpha value is -2.74. The molecular formula is C18H20N2O5S. The smallest absolute Gasteiger partial charge is 0.261 e. The van der Waals surface area contributed by atoms with E-state index in [4.69, 9.17) is 9.47 Å². The van der Waals surface area contributed by atoms with Crippen molar-refractivity contribution in [3.05, 3.63) is 42.0 Å². The number of nitrogens with one attached hydrogen (secondary N) is 2. The zero-order chi connectivity index (χ0) is 18.7. The summed E-state index contributed by atoms with van der Waals surface area (Å²) >= 11 is 0. The first kappa shape index (κ1) is 18.1. The fraction of sp³-hybridized carbons (Fsp3) is 0.278. The van der Waals surface area contributed by atoms with Gasteiger partial charge in [-0.15, -0.1) is 0 Å². The van der Waals surface area contributed by atoms with Crippen molar-refractivity contribution in [2.45, 2.75) is 25.2 Å². The molecule has 0 aromatic heterocycles. The van der Waals surface area contributed by atoms with Gasteiger partial charge in [0.15, 0.2) is 11.5 Å². The number of hydrogen-bond donors (Lipinski definition) is 2. The second-order valence-corrected chi connectivity index (χ2v) is 7.36. The molecule has 0 spiro atoms. The molecular weight excluding hydrogens is 356 g/mol. The molecule has 2 aromatic rings. The third-order valence-electron chi connectivity index (χ3n) is 3.81. The van der Waals surface area contributed by atoms with Crippen LogP contribution in [0.4, 0.5) is 11.4 Å². The van der Waals surface area contributed by atoms with Gasteiger partial charge in [0, 0.05) is 11.8 Å². The highest BCUT2D eigenvalue weighted by atomic mass is 32.2. The van der Waals surface area contributed by atoms with Crippen molar-refractivity contribution in [3.8, 4) is 11.5 Å². The number of anilines is 2. The van der Waals surface area contributed by atoms with E-state index in [-0.39, 0.29) is 17.2 Å². The van der Waals surface area contributed by atoms with Gasteiger partial charge >= 0.3 is 0 Å². The second-order valence-electron chi connectivity index (χ2n) is 5.68. The van der Waals surface area contributed by atoms with Crippen LogP contribution in [0.15, 0.2) is 41.3 Å². The largest absolute Gasteiger partial charge is 0.490 e. The van der Waals surface area contributed by atoms with Gasteiger partial charge in [-0.05, 0) is 49.7 Å². The molecule has 0 atom stereocenters. The SMILES string of the molecule is CCOc1ccc(NS(=O)(=O)c2ccc3c(c2)CC(=O)N3)cc1OCC. The number of sulfonamides is 1. The van der Waals surface area contributed by atoms with Crippen LogP contribution in [0, 0.1) is 0 Å². The summed E-state index contributed by atoms with van der Waals surface area (Å²) in [5.41, 5.74) is 1.68. The molecule has 1 aliphatic rings. The molecule has 2 N–H and O–H groups in total. The topological polar surface area (TPSA) is 93.7 Å². The Morgan fingerprint density at radius 3 is 2.50 bits per heavy atom. The molecule has 0 saturated carbocycles. The van der Waals surface area contributed by atoms with E-state index in [1.54, 1.807) is 24.3 Å². The Balaban J connectivity index is 1.87. The average molecular weight is 376 g/mol. The van der Waals surface area contributed by atoms with Gasteiger partial charge < -0.3 is 14.8 Å². The number of fused-ring (bicyclic) bond motifs is 1. The Kier molecular flexibility index (Phi) is 5.03. The van der Waals surface area contributed by atoms with E-state index in [0.29, 0.717) is 41.7 Å². The molecule has 1 amide bonds. The van der Waals surface area contributed by atoms with Crippen molar-refractivity contribution in [3.63, 3.8) is 0 Å². The lowest BCUT2D eigenvalue weighted by Gasteiger charge is -2.14. The Bertz CT molecular complexity index is 941. The standard InChI is InChI=1S/C18H20N2O5S/c1-3-24-16-8-5-13(11-17(16)25-4-2)20-26(22,23)14-6-7-15-12(9-14)10-18(21)19-15/h5-9,11,20H,3-4,10H2,1-2H3,(H,19,21). The highest BCUT2D eigenvalue weighted by molar-refractivity contribution is 7.92. The first-order valence-corrected chi connectivity index (χ1v) is 9.76. The lowest BCUT2D eigenvalue weighted by molar-refractivity contribution is -0.115. The van der Waals surface area contributed by atoms with E-state index < -0.39 is 10.0 Å². The van der Waals surface area contributed by atoms with Gasteiger partial charge in [0.2, 0.25) is 5.91 Å². The van der Waals surface area contributed by atoms with Gasteiger partial charge in [-0.3, -0.25) is 9.52 Å². The minimum atomic E-state index is -3.79. The summed E-state index contributed by atoms with van der Waals surface area (Å²) < 4.78 is 38.9. The zero-order valence-electron chi connectivity index (χ0n) is 14.5.